The highest BCUT2D eigenvalue weighted by Gasteiger charge is 2.40. The summed E-state index contributed by atoms with van der Waals surface area (Å²) >= 11 is 0. The van der Waals surface area contributed by atoms with E-state index in [1.807, 2.05) is 0 Å². The Balaban J connectivity index is 1.41. The van der Waals surface area contributed by atoms with Gasteiger partial charge in [-0.05, 0) is 66.6 Å². The molecular formula is C30H26F5NO3. The molecule has 39 heavy (non-hydrogen) atoms. The van der Waals surface area contributed by atoms with Gasteiger partial charge in [0.25, 0.3) is 0 Å². The van der Waals surface area contributed by atoms with Crippen LogP contribution in [0, 0.1) is 17.6 Å². The average Bonchev–Trinajstić information content (AvgIpc) is 3.34. The number of hydrogen-bond donors (Lipinski definition) is 0. The van der Waals surface area contributed by atoms with Crippen LogP contribution >= 0.6 is 0 Å². The SMILES string of the molecule is O=C(OC1CCCCC1)[C@H]1CC(c2c(F)cccc2F)=NC1c1ccc(-c2ccc(OC(F)(F)F)cc2)cc1. The third kappa shape index (κ3) is 6.29. The summed E-state index contributed by atoms with van der Waals surface area (Å²) in [6.45, 7) is 0. The summed E-state index contributed by atoms with van der Waals surface area (Å²) in [6, 6.07) is 15.4. The van der Waals surface area contributed by atoms with Gasteiger partial charge in [0.2, 0.25) is 0 Å². The summed E-state index contributed by atoms with van der Waals surface area (Å²) in [7, 11) is 0. The summed E-state index contributed by atoms with van der Waals surface area (Å²) in [5.41, 5.74) is 1.97. The van der Waals surface area contributed by atoms with E-state index in [0.717, 1.165) is 49.8 Å². The topological polar surface area (TPSA) is 47.9 Å². The van der Waals surface area contributed by atoms with Crippen molar-refractivity contribution in [2.75, 3.05) is 0 Å². The molecule has 1 heterocycles. The first-order chi connectivity index (χ1) is 18.7. The largest absolute Gasteiger partial charge is 0.573 e. The molecule has 0 radical (unpaired) electrons. The van der Waals surface area contributed by atoms with Crippen LogP contribution in [0.5, 0.6) is 5.75 Å². The molecule has 2 aliphatic rings. The van der Waals surface area contributed by atoms with Crippen molar-refractivity contribution in [2.45, 2.75) is 57.0 Å². The van der Waals surface area contributed by atoms with Gasteiger partial charge < -0.3 is 9.47 Å². The van der Waals surface area contributed by atoms with E-state index in [0.29, 0.717) is 11.1 Å². The van der Waals surface area contributed by atoms with Crippen molar-refractivity contribution in [2.24, 2.45) is 10.9 Å². The van der Waals surface area contributed by atoms with Crippen LogP contribution in [-0.4, -0.2) is 24.1 Å². The monoisotopic (exact) mass is 543 g/mol. The molecule has 9 heteroatoms. The minimum atomic E-state index is -4.77. The van der Waals surface area contributed by atoms with Crippen molar-refractivity contribution in [3.63, 3.8) is 0 Å². The van der Waals surface area contributed by atoms with Crippen molar-refractivity contribution in [1.29, 1.82) is 0 Å². The Labute approximate surface area is 222 Å². The van der Waals surface area contributed by atoms with Gasteiger partial charge in [0.1, 0.15) is 23.5 Å². The number of carbonyl (C=O) groups is 1. The van der Waals surface area contributed by atoms with Crippen molar-refractivity contribution in [1.82, 2.24) is 0 Å². The van der Waals surface area contributed by atoms with Crippen LogP contribution in [0.25, 0.3) is 11.1 Å². The predicted octanol–water partition coefficient (Wildman–Crippen LogP) is 7.96. The van der Waals surface area contributed by atoms with E-state index in [2.05, 4.69) is 9.73 Å². The fourth-order valence-electron chi connectivity index (χ4n) is 5.25. The number of alkyl halides is 3. The Bertz CT molecular complexity index is 1330. The number of carbonyl (C=O) groups excluding carboxylic acids is 1. The lowest BCUT2D eigenvalue weighted by atomic mass is 9.90. The third-order valence-corrected chi connectivity index (χ3v) is 7.15. The molecule has 1 fully saturated rings. The standard InChI is InChI=1S/C30H26F5NO3/c31-24-7-4-8-25(32)27(24)26-17-23(29(37)38-21-5-2-1-3-6-21)28(36-26)20-11-9-18(10-12-20)19-13-15-22(16-14-19)39-30(33,34)35/h4,7-16,21,23,28H,1-3,5-6,17H2/t23-,28?/m0/s1. The lowest BCUT2D eigenvalue weighted by Gasteiger charge is -2.25. The Hall–Kier alpha value is -3.75. The highest BCUT2D eigenvalue weighted by molar-refractivity contribution is 6.04. The highest BCUT2D eigenvalue weighted by Crippen LogP contribution is 2.40. The fourth-order valence-corrected chi connectivity index (χ4v) is 5.25. The van der Waals surface area contributed by atoms with Gasteiger partial charge in [0.05, 0.1) is 17.5 Å². The molecule has 0 bridgehead atoms. The zero-order valence-corrected chi connectivity index (χ0v) is 20.9. The number of benzene rings is 3. The molecule has 1 aliphatic carbocycles. The van der Waals surface area contributed by atoms with Crippen LogP contribution in [0.4, 0.5) is 22.0 Å². The Kier molecular flexibility index (Phi) is 7.68. The highest BCUT2D eigenvalue weighted by atomic mass is 19.4. The van der Waals surface area contributed by atoms with Gasteiger partial charge >= 0.3 is 12.3 Å². The van der Waals surface area contributed by atoms with Gasteiger partial charge in [0, 0.05) is 12.1 Å². The van der Waals surface area contributed by atoms with Gasteiger partial charge in [-0.1, -0.05) is 48.9 Å². The molecule has 0 amide bonds. The lowest BCUT2D eigenvalue weighted by molar-refractivity contribution is -0.274. The molecule has 1 aliphatic heterocycles. The summed E-state index contributed by atoms with van der Waals surface area (Å²) in [5, 5.41) is 0. The van der Waals surface area contributed by atoms with Crippen molar-refractivity contribution < 1.29 is 36.2 Å². The molecule has 1 saturated carbocycles. The smallest absolute Gasteiger partial charge is 0.462 e. The number of nitrogens with zero attached hydrogens (tertiary/aromatic N) is 1. The number of rotatable bonds is 6. The quantitative estimate of drug-likeness (QED) is 0.234. The molecule has 5 rings (SSSR count). The van der Waals surface area contributed by atoms with Crippen LogP contribution in [0.2, 0.25) is 0 Å². The third-order valence-electron chi connectivity index (χ3n) is 7.15. The summed E-state index contributed by atoms with van der Waals surface area (Å²) < 4.78 is 76.3. The van der Waals surface area contributed by atoms with Crippen molar-refractivity contribution in [3.05, 3.63) is 89.5 Å². The Morgan fingerprint density at radius 3 is 2.00 bits per heavy atom. The molecule has 3 aromatic rings. The predicted molar refractivity (Wildman–Crippen MR) is 135 cm³/mol. The first kappa shape index (κ1) is 26.8. The minimum absolute atomic E-state index is 0.0382. The molecule has 3 aromatic carbocycles. The van der Waals surface area contributed by atoms with E-state index in [1.165, 1.54) is 30.3 Å². The minimum Gasteiger partial charge on any atom is -0.462 e. The first-order valence-corrected chi connectivity index (χ1v) is 12.9. The van der Waals surface area contributed by atoms with Crippen molar-refractivity contribution >= 4 is 11.7 Å². The Morgan fingerprint density at radius 2 is 1.41 bits per heavy atom. The molecule has 0 N–H and O–H groups in total. The maximum absolute atomic E-state index is 14.6. The summed E-state index contributed by atoms with van der Waals surface area (Å²) in [4.78, 5) is 17.9. The summed E-state index contributed by atoms with van der Waals surface area (Å²) in [6.07, 6.45) is -0.253. The second-order valence-electron chi connectivity index (χ2n) is 9.82. The maximum atomic E-state index is 14.6. The van der Waals surface area contributed by atoms with E-state index < -0.39 is 35.9 Å². The van der Waals surface area contributed by atoms with Gasteiger partial charge in [-0.3, -0.25) is 9.79 Å². The molecule has 0 aromatic heterocycles. The molecule has 204 valence electrons. The first-order valence-electron chi connectivity index (χ1n) is 12.9. The fraction of sp³-hybridized carbons (Fsp3) is 0.333. The number of halogens is 5. The molecule has 0 spiro atoms. The molecule has 2 atom stereocenters. The molecule has 0 saturated heterocycles. The van der Waals surface area contributed by atoms with Crippen LogP contribution in [0.3, 0.4) is 0 Å². The average molecular weight is 544 g/mol. The van der Waals surface area contributed by atoms with E-state index in [-0.39, 0.29) is 29.5 Å². The van der Waals surface area contributed by atoms with Crippen LogP contribution < -0.4 is 4.74 Å². The normalized spacial score (nSPS) is 20.0. The number of esters is 1. The van der Waals surface area contributed by atoms with Crippen LogP contribution in [0.15, 0.2) is 71.7 Å². The van der Waals surface area contributed by atoms with Crippen LogP contribution in [-0.2, 0) is 9.53 Å². The van der Waals surface area contributed by atoms with E-state index >= 15 is 0 Å². The molecule has 4 nitrogen and oxygen atoms in total. The van der Waals surface area contributed by atoms with Gasteiger partial charge in [-0.25, -0.2) is 8.78 Å². The zero-order chi connectivity index (χ0) is 27.6. The lowest BCUT2D eigenvalue weighted by Crippen LogP contribution is -2.28. The number of aliphatic imine (C=N–C) groups is 1. The second-order valence-corrected chi connectivity index (χ2v) is 9.82. The van der Waals surface area contributed by atoms with Crippen LogP contribution in [0.1, 0.15) is 55.7 Å². The van der Waals surface area contributed by atoms with Crippen molar-refractivity contribution in [3.8, 4) is 16.9 Å². The van der Waals surface area contributed by atoms with Gasteiger partial charge in [-0.2, -0.15) is 0 Å². The molecule has 1 unspecified atom stereocenters. The molecular weight excluding hydrogens is 517 g/mol. The number of hydrogen-bond acceptors (Lipinski definition) is 4. The van der Waals surface area contributed by atoms with Gasteiger partial charge in [-0.15, -0.1) is 13.2 Å². The van der Waals surface area contributed by atoms with E-state index in [4.69, 9.17) is 4.74 Å². The maximum Gasteiger partial charge on any atom is 0.573 e. The second kappa shape index (κ2) is 11.2. The Morgan fingerprint density at radius 1 is 0.821 bits per heavy atom. The van der Waals surface area contributed by atoms with E-state index in [9.17, 15) is 26.7 Å². The van der Waals surface area contributed by atoms with Gasteiger partial charge in [0.15, 0.2) is 0 Å². The number of ether oxygens (including phenoxy) is 2. The zero-order valence-electron chi connectivity index (χ0n) is 20.9. The summed E-state index contributed by atoms with van der Waals surface area (Å²) in [5.74, 6) is -3.00. The van der Waals surface area contributed by atoms with E-state index in [1.54, 1.807) is 24.3 Å².